The van der Waals surface area contributed by atoms with Gasteiger partial charge in [-0.25, -0.2) is 0 Å². The van der Waals surface area contributed by atoms with Crippen LogP contribution in [0.15, 0.2) is 40.8 Å². The summed E-state index contributed by atoms with van der Waals surface area (Å²) in [6, 6.07) is 11.8. The topological polar surface area (TPSA) is 54.7 Å². The minimum atomic E-state index is -0.112. The van der Waals surface area contributed by atoms with Gasteiger partial charge in [-0.3, -0.25) is 9.69 Å². The normalized spacial score (nSPS) is 16.2. The smallest absolute Gasteiger partial charge is 0.258 e. The number of ether oxygens (including phenoxy) is 1. The zero-order chi connectivity index (χ0) is 18.4. The van der Waals surface area contributed by atoms with E-state index in [-0.39, 0.29) is 18.6 Å². The highest BCUT2D eigenvalue weighted by atomic mass is 16.5. The average Bonchev–Trinajstić information content (AvgIpc) is 3.08. The zero-order valence-electron chi connectivity index (χ0n) is 15.7. The largest absolute Gasteiger partial charge is 0.484 e. The summed E-state index contributed by atoms with van der Waals surface area (Å²) in [5.41, 5.74) is 1.03. The van der Waals surface area contributed by atoms with E-state index in [0.29, 0.717) is 6.54 Å². The van der Waals surface area contributed by atoms with Gasteiger partial charge >= 0.3 is 0 Å². The average molecular weight is 356 g/mol. The van der Waals surface area contributed by atoms with Gasteiger partial charge < -0.3 is 14.5 Å². The Hall–Kier alpha value is -2.27. The molecule has 1 N–H and O–H groups in total. The molecule has 1 aliphatic rings. The third kappa shape index (κ3) is 4.88. The molecular weight excluding hydrogens is 328 g/mol. The fraction of sp³-hybridized carbons (Fsp3) is 0.476. The summed E-state index contributed by atoms with van der Waals surface area (Å²) in [6.07, 6.45) is 3.66. The van der Waals surface area contributed by atoms with Crippen molar-refractivity contribution in [2.24, 2.45) is 0 Å². The van der Waals surface area contributed by atoms with Crippen LogP contribution in [0.3, 0.4) is 0 Å². The predicted molar refractivity (Wildman–Crippen MR) is 101 cm³/mol. The van der Waals surface area contributed by atoms with Gasteiger partial charge in [-0.15, -0.1) is 0 Å². The second kappa shape index (κ2) is 8.90. The monoisotopic (exact) mass is 356 g/mol. The SMILES string of the molecule is Cc1ccc([C@H](CNC(=O)COc2ccccc2C)N2CCCCC2)o1. The summed E-state index contributed by atoms with van der Waals surface area (Å²) in [5.74, 6) is 2.45. The molecule has 1 fully saturated rings. The number of para-hydroxylation sites is 1. The highest BCUT2D eigenvalue weighted by molar-refractivity contribution is 5.77. The van der Waals surface area contributed by atoms with Gasteiger partial charge in [0.1, 0.15) is 17.3 Å². The molecule has 2 heterocycles. The molecule has 1 aromatic heterocycles. The Morgan fingerprint density at radius 1 is 1.15 bits per heavy atom. The Bertz CT molecular complexity index is 720. The summed E-state index contributed by atoms with van der Waals surface area (Å²) in [6.45, 7) is 6.56. The molecule has 1 saturated heterocycles. The number of carbonyl (C=O) groups excluding carboxylic acids is 1. The van der Waals surface area contributed by atoms with Gasteiger partial charge in [-0.1, -0.05) is 24.6 Å². The van der Waals surface area contributed by atoms with E-state index in [1.807, 2.05) is 50.2 Å². The molecule has 0 saturated carbocycles. The van der Waals surface area contributed by atoms with E-state index in [9.17, 15) is 4.79 Å². The highest BCUT2D eigenvalue weighted by Gasteiger charge is 2.25. The lowest BCUT2D eigenvalue weighted by atomic mass is 10.1. The molecule has 1 atom stereocenters. The summed E-state index contributed by atoms with van der Waals surface area (Å²) in [5, 5.41) is 3.01. The summed E-state index contributed by atoms with van der Waals surface area (Å²) < 4.78 is 11.5. The van der Waals surface area contributed by atoms with Gasteiger partial charge in [0.15, 0.2) is 6.61 Å². The number of rotatable bonds is 7. The van der Waals surface area contributed by atoms with Crippen LogP contribution in [0.4, 0.5) is 0 Å². The maximum atomic E-state index is 12.3. The highest BCUT2D eigenvalue weighted by Crippen LogP contribution is 2.25. The number of furan rings is 1. The van der Waals surface area contributed by atoms with Gasteiger partial charge in [0.2, 0.25) is 0 Å². The summed E-state index contributed by atoms with van der Waals surface area (Å²) >= 11 is 0. The molecule has 0 aliphatic carbocycles. The van der Waals surface area contributed by atoms with Crippen molar-refractivity contribution in [3.05, 3.63) is 53.5 Å². The number of nitrogens with one attached hydrogen (secondary N) is 1. The molecule has 0 radical (unpaired) electrons. The van der Waals surface area contributed by atoms with Crippen molar-refractivity contribution in [3.63, 3.8) is 0 Å². The molecule has 26 heavy (non-hydrogen) atoms. The summed E-state index contributed by atoms with van der Waals surface area (Å²) in [7, 11) is 0. The van der Waals surface area contributed by atoms with Crippen LogP contribution in [0, 0.1) is 13.8 Å². The lowest BCUT2D eigenvalue weighted by Gasteiger charge is -2.33. The standard InChI is InChI=1S/C21H28N2O3/c1-16-8-4-5-9-19(16)25-15-21(24)22-14-18(20-11-10-17(2)26-20)23-12-6-3-7-13-23/h4-5,8-11,18H,3,6-7,12-15H2,1-2H3,(H,22,24)/t18-/m0/s1. The fourth-order valence-corrected chi connectivity index (χ4v) is 3.40. The van der Waals surface area contributed by atoms with E-state index in [4.69, 9.17) is 9.15 Å². The van der Waals surface area contributed by atoms with Crippen molar-refractivity contribution in [1.82, 2.24) is 10.2 Å². The third-order valence-electron chi connectivity index (χ3n) is 4.87. The van der Waals surface area contributed by atoms with Gasteiger partial charge in [-0.2, -0.15) is 0 Å². The van der Waals surface area contributed by atoms with Gasteiger partial charge in [0.25, 0.3) is 5.91 Å². The zero-order valence-corrected chi connectivity index (χ0v) is 15.7. The first kappa shape index (κ1) is 18.5. The van der Waals surface area contributed by atoms with E-state index in [0.717, 1.165) is 35.9 Å². The van der Waals surface area contributed by atoms with E-state index in [1.165, 1.54) is 19.3 Å². The van der Waals surface area contributed by atoms with Gasteiger partial charge in [0, 0.05) is 6.54 Å². The summed E-state index contributed by atoms with van der Waals surface area (Å²) in [4.78, 5) is 14.7. The predicted octanol–water partition coefficient (Wildman–Crippen LogP) is 3.62. The van der Waals surface area contributed by atoms with Crippen LogP contribution < -0.4 is 10.1 Å². The molecule has 0 unspecified atom stereocenters. The minimum absolute atomic E-state index is 0.0226. The maximum Gasteiger partial charge on any atom is 0.258 e. The quantitative estimate of drug-likeness (QED) is 0.823. The van der Waals surface area contributed by atoms with E-state index >= 15 is 0 Å². The van der Waals surface area contributed by atoms with Crippen LogP contribution >= 0.6 is 0 Å². The number of aryl methyl sites for hydroxylation is 2. The second-order valence-electron chi connectivity index (χ2n) is 6.92. The van der Waals surface area contributed by atoms with Gasteiger partial charge in [-0.05, 0) is 63.5 Å². The number of nitrogens with zero attached hydrogens (tertiary/aromatic N) is 1. The van der Waals surface area contributed by atoms with Crippen molar-refractivity contribution in [2.45, 2.75) is 39.2 Å². The first-order chi connectivity index (χ1) is 12.6. The van der Waals surface area contributed by atoms with E-state index < -0.39 is 0 Å². The van der Waals surface area contributed by atoms with Crippen LogP contribution in [0.25, 0.3) is 0 Å². The van der Waals surface area contributed by atoms with Gasteiger partial charge in [0.05, 0.1) is 6.04 Å². The number of benzene rings is 1. The Morgan fingerprint density at radius 2 is 1.92 bits per heavy atom. The van der Waals surface area contributed by atoms with Crippen LogP contribution in [0.1, 0.15) is 42.4 Å². The van der Waals surface area contributed by atoms with Crippen LogP contribution in [-0.4, -0.2) is 37.0 Å². The Balaban J connectivity index is 1.56. The molecule has 1 amide bonds. The van der Waals surface area contributed by atoms with Crippen molar-refractivity contribution in [2.75, 3.05) is 26.2 Å². The van der Waals surface area contributed by atoms with E-state index in [2.05, 4.69) is 10.2 Å². The first-order valence-electron chi connectivity index (χ1n) is 9.39. The molecule has 0 bridgehead atoms. The Labute approximate surface area is 155 Å². The molecule has 1 aromatic carbocycles. The van der Waals surface area contributed by atoms with Crippen molar-refractivity contribution >= 4 is 5.91 Å². The number of piperidine rings is 1. The number of likely N-dealkylation sites (tertiary alicyclic amines) is 1. The Morgan fingerprint density at radius 3 is 2.62 bits per heavy atom. The van der Waals surface area contributed by atoms with Crippen molar-refractivity contribution in [1.29, 1.82) is 0 Å². The van der Waals surface area contributed by atoms with Crippen molar-refractivity contribution in [3.8, 4) is 5.75 Å². The third-order valence-corrected chi connectivity index (χ3v) is 4.87. The Kier molecular flexibility index (Phi) is 6.34. The van der Waals surface area contributed by atoms with Crippen LogP contribution in [-0.2, 0) is 4.79 Å². The molecule has 1 aliphatic heterocycles. The lowest BCUT2D eigenvalue weighted by molar-refractivity contribution is -0.123. The molecular formula is C21H28N2O3. The number of carbonyl (C=O) groups is 1. The lowest BCUT2D eigenvalue weighted by Crippen LogP contribution is -2.41. The second-order valence-corrected chi connectivity index (χ2v) is 6.92. The molecule has 5 nitrogen and oxygen atoms in total. The van der Waals surface area contributed by atoms with Crippen LogP contribution in [0.5, 0.6) is 5.75 Å². The molecule has 5 heteroatoms. The molecule has 2 aromatic rings. The molecule has 3 rings (SSSR count). The fourth-order valence-electron chi connectivity index (χ4n) is 3.40. The van der Waals surface area contributed by atoms with E-state index in [1.54, 1.807) is 0 Å². The first-order valence-corrected chi connectivity index (χ1v) is 9.39. The number of hydrogen-bond donors (Lipinski definition) is 1. The minimum Gasteiger partial charge on any atom is -0.484 e. The number of amides is 1. The maximum absolute atomic E-state index is 12.3. The molecule has 0 spiro atoms. The van der Waals surface area contributed by atoms with Crippen molar-refractivity contribution < 1.29 is 13.9 Å². The van der Waals surface area contributed by atoms with Crippen LogP contribution in [0.2, 0.25) is 0 Å². The number of hydrogen-bond acceptors (Lipinski definition) is 4. The molecule has 140 valence electrons.